The van der Waals surface area contributed by atoms with Crippen molar-refractivity contribution in [3.05, 3.63) is 62.1 Å². The molecule has 2 rings (SSSR count). The molecule has 0 unspecified atom stereocenters. The normalized spacial score (nSPS) is 10.9. The molecule has 3 nitrogen and oxygen atoms in total. The van der Waals surface area contributed by atoms with E-state index in [4.69, 9.17) is 0 Å². The molecule has 0 saturated heterocycles. The summed E-state index contributed by atoms with van der Waals surface area (Å²) in [6.45, 7) is 0. The molecule has 0 spiro atoms. The maximum Gasteiger partial charge on any atom is 0.235 e. The first kappa shape index (κ1) is 12.0. The minimum absolute atomic E-state index is 0.460. The van der Waals surface area contributed by atoms with Crippen LogP contribution in [-0.2, 0) is 0 Å². The fraction of sp³-hybridized carbons (Fsp3) is 0. The maximum absolute atomic E-state index is 10.2. The molecule has 2 aromatic rings. The van der Waals surface area contributed by atoms with Crippen LogP contribution in [0.25, 0.3) is 16.5 Å². The number of rotatable bonds is 3. The summed E-state index contributed by atoms with van der Waals surface area (Å²) in [5, 5.41) is 10.2. The zero-order valence-electron chi connectivity index (χ0n) is 8.67. The van der Waals surface area contributed by atoms with Gasteiger partial charge >= 0.3 is 0 Å². The number of nitrogens with zero attached hydrogens (tertiary/aromatic N) is 1. The highest BCUT2D eigenvalue weighted by Crippen LogP contribution is 2.30. The molecule has 1 aromatic carbocycles. The lowest BCUT2D eigenvalue weighted by Crippen LogP contribution is -1.80. The lowest BCUT2D eigenvalue weighted by atomic mass is 10.2. The summed E-state index contributed by atoms with van der Waals surface area (Å²) >= 11 is 4.94. The Kier molecular flexibility index (Phi) is 3.71. The second-order valence-corrected chi connectivity index (χ2v) is 5.34. The molecule has 0 fully saturated rings. The monoisotopic (exact) mass is 309 g/mol. The van der Waals surface area contributed by atoms with Crippen molar-refractivity contribution in [2.75, 3.05) is 0 Å². The van der Waals surface area contributed by atoms with Crippen LogP contribution in [-0.4, -0.2) is 4.92 Å². The minimum atomic E-state index is -0.460. The summed E-state index contributed by atoms with van der Waals surface area (Å²) in [6, 6.07) is 11.8. The molecule has 0 bridgehead atoms. The molecule has 0 aliphatic rings. The van der Waals surface area contributed by atoms with E-state index >= 15 is 0 Å². The Hall–Kier alpha value is -1.46. The fourth-order valence-electron chi connectivity index (χ4n) is 1.37. The van der Waals surface area contributed by atoms with Crippen LogP contribution in [0.3, 0.4) is 0 Å². The van der Waals surface area contributed by atoms with Gasteiger partial charge in [-0.1, -0.05) is 28.1 Å². The predicted octanol–water partition coefficient (Wildman–Crippen LogP) is 4.43. The molecular weight excluding hydrogens is 302 g/mol. The topological polar surface area (TPSA) is 43.1 Å². The first-order valence-corrected chi connectivity index (χ1v) is 6.43. The third kappa shape index (κ3) is 3.25. The van der Waals surface area contributed by atoms with Gasteiger partial charge < -0.3 is 0 Å². The molecule has 0 atom stereocenters. The highest BCUT2D eigenvalue weighted by Gasteiger charge is 2.02. The van der Waals surface area contributed by atoms with E-state index in [9.17, 15) is 10.1 Å². The Morgan fingerprint density at radius 3 is 2.82 bits per heavy atom. The van der Waals surface area contributed by atoms with Gasteiger partial charge in [0.05, 0.1) is 4.92 Å². The number of nitro groups is 1. The summed E-state index contributed by atoms with van der Waals surface area (Å²) in [6.07, 6.45) is 2.46. The lowest BCUT2D eigenvalue weighted by Gasteiger charge is -1.96. The Morgan fingerprint density at radius 2 is 2.12 bits per heavy atom. The molecule has 1 heterocycles. The van der Waals surface area contributed by atoms with Crippen molar-refractivity contribution in [1.29, 1.82) is 0 Å². The summed E-state index contributed by atoms with van der Waals surface area (Å²) in [7, 11) is 0. The van der Waals surface area contributed by atoms with Gasteiger partial charge in [-0.15, -0.1) is 11.3 Å². The van der Waals surface area contributed by atoms with Gasteiger partial charge in [-0.05, 0) is 29.8 Å². The molecule has 0 saturated carbocycles. The van der Waals surface area contributed by atoms with E-state index in [-0.39, 0.29) is 0 Å². The average Bonchev–Trinajstić information content (AvgIpc) is 2.75. The van der Waals surface area contributed by atoms with Crippen molar-refractivity contribution in [2.24, 2.45) is 0 Å². The lowest BCUT2D eigenvalue weighted by molar-refractivity contribution is -0.400. The van der Waals surface area contributed by atoms with Crippen molar-refractivity contribution in [1.82, 2.24) is 0 Å². The summed E-state index contributed by atoms with van der Waals surface area (Å²) < 4.78 is 1.02. The molecule has 0 N–H and O–H groups in total. The largest absolute Gasteiger partial charge is 0.259 e. The van der Waals surface area contributed by atoms with Gasteiger partial charge in [0.1, 0.15) is 0 Å². The number of hydrogen-bond acceptors (Lipinski definition) is 3. The van der Waals surface area contributed by atoms with Crippen LogP contribution in [0.5, 0.6) is 0 Å². The van der Waals surface area contributed by atoms with Crippen LogP contribution in [0.15, 0.2) is 47.1 Å². The average molecular weight is 310 g/mol. The van der Waals surface area contributed by atoms with Crippen molar-refractivity contribution in [3.8, 4) is 10.4 Å². The van der Waals surface area contributed by atoms with Gasteiger partial charge in [-0.2, -0.15) is 0 Å². The van der Waals surface area contributed by atoms with Crippen LogP contribution in [0.4, 0.5) is 0 Å². The predicted molar refractivity (Wildman–Crippen MR) is 73.5 cm³/mol. The van der Waals surface area contributed by atoms with Crippen molar-refractivity contribution in [2.45, 2.75) is 0 Å². The van der Waals surface area contributed by atoms with Crippen molar-refractivity contribution in [3.63, 3.8) is 0 Å². The first-order chi connectivity index (χ1) is 8.15. The molecule has 0 aliphatic heterocycles. The molecule has 17 heavy (non-hydrogen) atoms. The molecule has 0 radical (unpaired) electrons. The van der Waals surface area contributed by atoms with Gasteiger partial charge in [0.25, 0.3) is 0 Å². The van der Waals surface area contributed by atoms with Gasteiger partial charge in [0.15, 0.2) is 0 Å². The molecule has 5 heteroatoms. The fourth-order valence-corrected chi connectivity index (χ4v) is 2.67. The van der Waals surface area contributed by atoms with E-state index in [1.807, 2.05) is 36.4 Å². The van der Waals surface area contributed by atoms with Crippen LogP contribution >= 0.6 is 27.3 Å². The number of hydrogen-bond donors (Lipinski definition) is 0. The van der Waals surface area contributed by atoms with E-state index < -0.39 is 4.92 Å². The zero-order chi connectivity index (χ0) is 12.3. The molecule has 0 aliphatic carbocycles. The van der Waals surface area contributed by atoms with Crippen molar-refractivity contribution >= 4 is 33.3 Å². The summed E-state index contributed by atoms with van der Waals surface area (Å²) in [4.78, 5) is 11.7. The number of thiophene rings is 1. The Balaban J connectivity index is 2.27. The minimum Gasteiger partial charge on any atom is -0.259 e. The van der Waals surface area contributed by atoms with E-state index in [2.05, 4.69) is 15.9 Å². The Bertz CT molecular complexity index is 577. The summed E-state index contributed by atoms with van der Waals surface area (Å²) in [5.74, 6) is 0. The summed E-state index contributed by atoms with van der Waals surface area (Å²) in [5.41, 5.74) is 1.10. The van der Waals surface area contributed by atoms with Crippen molar-refractivity contribution < 1.29 is 4.92 Å². The van der Waals surface area contributed by atoms with E-state index in [0.717, 1.165) is 26.0 Å². The number of benzene rings is 1. The molecule has 86 valence electrons. The smallest absolute Gasteiger partial charge is 0.235 e. The molecule has 0 amide bonds. The van der Waals surface area contributed by atoms with E-state index in [1.165, 1.54) is 17.4 Å². The highest BCUT2D eigenvalue weighted by atomic mass is 79.9. The SMILES string of the molecule is O=[N+]([O-])/C=C/c1ccc(-c2cccc(Br)c2)s1. The van der Waals surface area contributed by atoms with Gasteiger partial charge in [-0.3, -0.25) is 10.1 Å². The second kappa shape index (κ2) is 5.25. The third-order valence-corrected chi connectivity index (χ3v) is 3.69. The second-order valence-electron chi connectivity index (χ2n) is 3.31. The number of halogens is 1. The van der Waals surface area contributed by atoms with Gasteiger partial charge in [-0.25, -0.2) is 0 Å². The van der Waals surface area contributed by atoms with Crippen LogP contribution in [0, 0.1) is 10.1 Å². The van der Waals surface area contributed by atoms with Gasteiger partial charge in [0.2, 0.25) is 6.20 Å². The Labute approximate surface area is 111 Å². The van der Waals surface area contributed by atoms with E-state index in [1.54, 1.807) is 0 Å². The Morgan fingerprint density at radius 1 is 1.29 bits per heavy atom. The third-order valence-electron chi connectivity index (χ3n) is 2.10. The van der Waals surface area contributed by atoms with E-state index in [0.29, 0.717) is 0 Å². The van der Waals surface area contributed by atoms with Crippen LogP contribution in [0.1, 0.15) is 4.88 Å². The molecular formula is C12H8BrNO2S. The maximum atomic E-state index is 10.2. The van der Waals surface area contributed by atoms with Gasteiger partial charge in [0, 0.05) is 20.3 Å². The first-order valence-electron chi connectivity index (χ1n) is 4.82. The standard InChI is InChI=1S/C12H8BrNO2S/c13-10-3-1-2-9(8-10)12-5-4-11(17-12)6-7-14(15)16/h1-8H/b7-6+. The molecule has 1 aromatic heterocycles. The highest BCUT2D eigenvalue weighted by molar-refractivity contribution is 9.10. The zero-order valence-corrected chi connectivity index (χ0v) is 11.1. The van der Waals surface area contributed by atoms with Crippen LogP contribution in [0.2, 0.25) is 0 Å². The quantitative estimate of drug-likeness (QED) is 0.622. The van der Waals surface area contributed by atoms with Crippen LogP contribution < -0.4 is 0 Å².